The number of ether oxygens (including phenoxy) is 2. The van der Waals surface area contributed by atoms with E-state index in [1.807, 2.05) is 20.8 Å². The zero-order chi connectivity index (χ0) is 16.9. The zero-order valence-corrected chi connectivity index (χ0v) is 14.6. The second kappa shape index (κ2) is 7.81. The molecule has 0 spiro atoms. The molecular weight excluding hydrogens is 284 g/mol. The summed E-state index contributed by atoms with van der Waals surface area (Å²) in [6, 6.07) is 0.247. The highest BCUT2D eigenvalue weighted by Gasteiger charge is 2.35. The Bertz CT molecular complexity index is 392. The van der Waals surface area contributed by atoms with Crippen molar-refractivity contribution >= 4 is 12.1 Å². The van der Waals surface area contributed by atoms with Gasteiger partial charge in [0.1, 0.15) is 5.60 Å². The molecule has 1 amide bonds. The summed E-state index contributed by atoms with van der Waals surface area (Å²) in [4.78, 5) is 26.1. The molecule has 1 rings (SSSR count). The Hall–Kier alpha value is -1.30. The normalized spacial score (nSPS) is 24.5. The molecule has 6 nitrogen and oxygen atoms in total. The topological polar surface area (TPSA) is 67.9 Å². The van der Waals surface area contributed by atoms with Crippen LogP contribution in [0.3, 0.4) is 0 Å². The van der Waals surface area contributed by atoms with Crippen molar-refractivity contribution in [3.63, 3.8) is 0 Å². The van der Waals surface area contributed by atoms with Gasteiger partial charge in [-0.1, -0.05) is 6.92 Å². The first-order valence-electron chi connectivity index (χ1n) is 7.97. The number of hydrogen-bond donors (Lipinski definition) is 1. The molecule has 3 atom stereocenters. The average Bonchev–Trinajstić information content (AvgIpc) is 2.42. The Kier molecular flexibility index (Phi) is 6.66. The lowest BCUT2D eigenvalue weighted by molar-refractivity contribution is -0.148. The van der Waals surface area contributed by atoms with Crippen molar-refractivity contribution in [3.8, 4) is 0 Å². The minimum absolute atomic E-state index is 0.110. The van der Waals surface area contributed by atoms with Gasteiger partial charge in [-0.2, -0.15) is 0 Å². The summed E-state index contributed by atoms with van der Waals surface area (Å²) in [5.74, 6) is -0.434. The molecule has 0 aliphatic carbocycles. The lowest BCUT2D eigenvalue weighted by Gasteiger charge is -2.40. The summed E-state index contributed by atoms with van der Waals surface area (Å²) < 4.78 is 10.2. The first-order valence-corrected chi connectivity index (χ1v) is 7.97. The van der Waals surface area contributed by atoms with E-state index in [4.69, 9.17) is 9.47 Å². The fourth-order valence-electron chi connectivity index (χ4n) is 2.67. The third-order valence-corrected chi connectivity index (χ3v) is 3.95. The van der Waals surface area contributed by atoms with Crippen molar-refractivity contribution in [2.75, 3.05) is 20.2 Å². The van der Waals surface area contributed by atoms with Gasteiger partial charge < -0.3 is 14.8 Å². The number of nitrogens with zero attached hydrogens (tertiary/aromatic N) is 1. The van der Waals surface area contributed by atoms with Crippen LogP contribution in [-0.4, -0.2) is 54.8 Å². The lowest BCUT2D eigenvalue weighted by atomic mass is 9.93. The molecule has 6 heteroatoms. The monoisotopic (exact) mass is 314 g/mol. The molecule has 1 heterocycles. The molecule has 0 bridgehead atoms. The van der Waals surface area contributed by atoms with Gasteiger partial charge in [-0.15, -0.1) is 0 Å². The van der Waals surface area contributed by atoms with Crippen LogP contribution in [0.1, 0.15) is 47.5 Å². The fourth-order valence-corrected chi connectivity index (χ4v) is 2.67. The van der Waals surface area contributed by atoms with Gasteiger partial charge in [0.2, 0.25) is 0 Å². The van der Waals surface area contributed by atoms with Gasteiger partial charge >= 0.3 is 12.1 Å². The van der Waals surface area contributed by atoms with Crippen LogP contribution in [-0.2, 0) is 14.3 Å². The molecule has 1 saturated heterocycles. The van der Waals surface area contributed by atoms with E-state index in [2.05, 4.69) is 24.1 Å². The molecule has 128 valence electrons. The van der Waals surface area contributed by atoms with Crippen LogP contribution in [0.5, 0.6) is 0 Å². The molecule has 1 N–H and O–H groups in total. The standard InChI is InChI=1S/C16H30N2O4/c1-7-11(2)18-9-12(14(19)21-6)8-13(10-18)17-15(20)22-16(3,4)5/h11-13H,7-10H2,1-6H3,(H,17,20). The number of methoxy groups -OCH3 is 1. The number of carbonyl (C=O) groups is 2. The van der Waals surface area contributed by atoms with Gasteiger partial charge in [0, 0.05) is 25.2 Å². The number of carbonyl (C=O) groups excluding carboxylic acids is 2. The van der Waals surface area contributed by atoms with E-state index in [0.29, 0.717) is 19.0 Å². The second-order valence-corrected chi connectivity index (χ2v) is 7.01. The number of rotatable bonds is 4. The van der Waals surface area contributed by atoms with E-state index in [1.54, 1.807) is 0 Å². The average molecular weight is 314 g/mol. The van der Waals surface area contributed by atoms with Crippen LogP contribution < -0.4 is 5.32 Å². The Morgan fingerprint density at radius 2 is 1.95 bits per heavy atom. The minimum Gasteiger partial charge on any atom is -0.469 e. The Morgan fingerprint density at radius 1 is 1.32 bits per heavy atom. The highest BCUT2D eigenvalue weighted by atomic mass is 16.6. The fraction of sp³-hybridized carbons (Fsp3) is 0.875. The summed E-state index contributed by atoms with van der Waals surface area (Å²) in [7, 11) is 1.40. The number of nitrogens with one attached hydrogen (secondary N) is 1. The number of esters is 1. The quantitative estimate of drug-likeness (QED) is 0.806. The van der Waals surface area contributed by atoms with E-state index < -0.39 is 11.7 Å². The molecule has 1 aliphatic heterocycles. The number of piperidine rings is 1. The van der Waals surface area contributed by atoms with Crippen LogP contribution in [0.25, 0.3) is 0 Å². The van der Waals surface area contributed by atoms with Gasteiger partial charge in [-0.25, -0.2) is 4.79 Å². The van der Waals surface area contributed by atoms with E-state index in [9.17, 15) is 9.59 Å². The summed E-state index contributed by atoms with van der Waals surface area (Å²) in [6.07, 6.45) is 1.14. The first kappa shape index (κ1) is 18.7. The Morgan fingerprint density at radius 3 is 2.45 bits per heavy atom. The number of amides is 1. The van der Waals surface area contributed by atoms with Gasteiger partial charge in [-0.05, 0) is 40.5 Å². The van der Waals surface area contributed by atoms with Crippen molar-refractivity contribution in [2.45, 2.75) is 65.1 Å². The molecule has 0 aromatic heterocycles. The third kappa shape index (κ3) is 5.83. The number of likely N-dealkylation sites (tertiary alicyclic amines) is 1. The summed E-state index contributed by atoms with van der Waals surface area (Å²) >= 11 is 0. The van der Waals surface area contributed by atoms with Gasteiger partial charge in [0.05, 0.1) is 13.0 Å². The molecule has 0 aromatic rings. The van der Waals surface area contributed by atoms with E-state index in [-0.39, 0.29) is 17.9 Å². The molecule has 1 aliphatic rings. The van der Waals surface area contributed by atoms with Crippen molar-refractivity contribution in [1.82, 2.24) is 10.2 Å². The molecule has 22 heavy (non-hydrogen) atoms. The Balaban J connectivity index is 2.71. The van der Waals surface area contributed by atoms with E-state index in [0.717, 1.165) is 13.0 Å². The predicted molar refractivity (Wildman–Crippen MR) is 84.6 cm³/mol. The van der Waals surface area contributed by atoms with Crippen LogP contribution in [0.4, 0.5) is 4.79 Å². The number of alkyl carbamates (subject to hydrolysis) is 1. The van der Waals surface area contributed by atoms with Gasteiger partial charge in [0.25, 0.3) is 0 Å². The molecule has 0 saturated carbocycles. The second-order valence-electron chi connectivity index (χ2n) is 7.01. The lowest BCUT2D eigenvalue weighted by Crippen LogP contribution is -2.55. The maximum Gasteiger partial charge on any atom is 0.407 e. The summed E-state index contributed by atoms with van der Waals surface area (Å²) in [6.45, 7) is 11.1. The Labute approximate surface area is 133 Å². The van der Waals surface area contributed by atoms with Crippen molar-refractivity contribution in [1.29, 1.82) is 0 Å². The van der Waals surface area contributed by atoms with Crippen LogP contribution in [0.15, 0.2) is 0 Å². The molecular formula is C16H30N2O4. The SMILES string of the molecule is CCC(C)N1CC(NC(=O)OC(C)(C)C)CC(C(=O)OC)C1. The third-order valence-electron chi connectivity index (χ3n) is 3.95. The smallest absolute Gasteiger partial charge is 0.407 e. The van der Waals surface area contributed by atoms with E-state index >= 15 is 0 Å². The minimum atomic E-state index is -0.531. The van der Waals surface area contributed by atoms with Crippen LogP contribution >= 0.6 is 0 Å². The summed E-state index contributed by atoms with van der Waals surface area (Å²) in [5.41, 5.74) is -0.531. The van der Waals surface area contributed by atoms with Crippen LogP contribution in [0, 0.1) is 5.92 Å². The predicted octanol–water partition coefficient (Wildman–Crippen LogP) is 2.17. The maximum atomic E-state index is 12.0. The maximum absolute atomic E-state index is 12.0. The largest absolute Gasteiger partial charge is 0.469 e. The number of hydrogen-bond acceptors (Lipinski definition) is 5. The van der Waals surface area contributed by atoms with Gasteiger partial charge in [-0.3, -0.25) is 9.69 Å². The molecule has 0 radical (unpaired) electrons. The summed E-state index contributed by atoms with van der Waals surface area (Å²) in [5, 5.41) is 2.88. The van der Waals surface area contributed by atoms with Gasteiger partial charge in [0.15, 0.2) is 0 Å². The molecule has 1 fully saturated rings. The molecule has 3 unspecified atom stereocenters. The van der Waals surface area contributed by atoms with Crippen molar-refractivity contribution in [3.05, 3.63) is 0 Å². The zero-order valence-electron chi connectivity index (χ0n) is 14.6. The van der Waals surface area contributed by atoms with E-state index in [1.165, 1.54) is 7.11 Å². The highest BCUT2D eigenvalue weighted by molar-refractivity contribution is 5.73. The van der Waals surface area contributed by atoms with Crippen molar-refractivity contribution < 1.29 is 19.1 Å². The van der Waals surface area contributed by atoms with Crippen LogP contribution in [0.2, 0.25) is 0 Å². The van der Waals surface area contributed by atoms with Crippen molar-refractivity contribution in [2.24, 2.45) is 5.92 Å². The first-order chi connectivity index (χ1) is 10.2. The highest BCUT2D eigenvalue weighted by Crippen LogP contribution is 2.21. The molecule has 0 aromatic carbocycles.